The smallest absolute Gasteiger partial charge is 0.159 e. The van der Waals surface area contributed by atoms with Crippen LogP contribution in [0.1, 0.15) is 37.1 Å². The lowest BCUT2D eigenvalue weighted by atomic mass is 10.1. The molecule has 4 nitrogen and oxygen atoms in total. The Kier molecular flexibility index (Phi) is 4.14. The first-order chi connectivity index (χ1) is 8.61. The lowest BCUT2D eigenvalue weighted by Gasteiger charge is -2.13. The highest BCUT2D eigenvalue weighted by Crippen LogP contribution is 2.17. The maximum atomic E-state index is 9.25. The van der Waals surface area contributed by atoms with E-state index in [1.807, 2.05) is 16.7 Å². The van der Waals surface area contributed by atoms with E-state index in [1.165, 1.54) is 5.56 Å². The van der Waals surface area contributed by atoms with Gasteiger partial charge >= 0.3 is 0 Å². The maximum absolute atomic E-state index is 9.25. The van der Waals surface area contributed by atoms with Crippen LogP contribution in [0.15, 0.2) is 28.7 Å². The number of nitrogens with zero attached hydrogens (tertiary/aromatic N) is 3. The van der Waals surface area contributed by atoms with Crippen LogP contribution >= 0.6 is 15.9 Å². The molecule has 0 aliphatic carbocycles. The molecule has 1 aromatic carbocycles. The molecule has 1 heterocycles. The molecule has 0 atom stereocenters. The predicted molar refractivity (Wildman–Crippen MR) is 73.3 cm³/mol. The van der Waals surface area contributed by atoms with Crippen LogP contribution in [0.25, 0.3) is 0 Å². The Morgan fingerprint density at radius 3 is 2.33 bits per heavy atom. The zero-order valence-electron chi connectivity index (χ0n) is 10.5. The normalized spacial score (nSPS) is 11.2. The highest BCUT2D eigenvalue weighted by atomic mass is 79.9. The van der Waals surface area contributed by atoms with Crippen LogP contribution in [0, 0.1) is 0 Å². The molecule has 0 fully saturated rings. The highest BCUT2D eigenvalue weighted by Gasteiger charge is 2.14. The van der Waals surface area contributed by atoms with Gasteiger partial charge in [-0.1, -0.05) is 28.1 Å². The second-order valence-electron chi connectivity index (χ2n) is 4.46. The van der Waals surface area contributed by atoms with Crippen molar-refractivity contribution >= 4 is 15.9 Å². The molecule has 0 saturated heterocycles. The molecular weight excluding hydrogens is 294 g/mol. The molecule has 0 spiro atoms. The number of rotatable bonds is 4. The second-order valence-corrected chi connectivity index (χ2v) is 5.37. The third-order valence-corrected chi connectivity index (χ3v) is 3.30. The van der Waals surface area contributed by atoms with E-state index in [0.29, 0.717) is 5.82 Å². The van der Waals surface area contributed by atoms with Crippen LogP contribution < -0.4 is 0 Å². The molecule has 0 amide bonds. The first-order valence-electron chi connectivity index (χ1n) is 5.89. The third kappa shape index (κ3) is 2.79. The van der Waals surface area contributed by atoms with Gasteiger partial charge < -0.3 is 9.67 Å². The van der Waals surface area contributed by atoms with Gasteiger partial charge in [0.05, 0.1) is 0 Å². The molecule has 0 bridgehead atoms. The summed E-state index contributed by atoms with van der Waals surface area (Å²) < 4.78 is 3.05. The molecule has 18 heavy (non-hydrogen) atoms. The molecular formula is C13H16BrN3O. The Hall–Kier alpha value is -1.20. The minimum absolute atomic E-state index is 0.0779. The van der Waals surface area contributed by atoms with Crippen LogP contribution in [-0.4, -0.2) is 19.9 Å². The SMILES string of the molecule is CC(C)n1c(CO)nnc1Cc1ccc(Br)cc1. The van der Waals surface area contributed by atoms with Gasteiger partial charge in [0, 0.05) is 16.9 Å². The second kappa shape index (κ2) is 5.63. The van der Waals surface area contributed by atoms with Crippen molar-refractivity contribution in [2.45, 2.75) is 32.9 Å². The summed E-state index contributed by atoms with van der Waals surface area (Å²) in [4.78, 5) is 0. The van der Waals surface area contributed by atoms with Gasteiger partial charge in [0.25, 0.3) is 0 Å². The molecule has 0 radical (unpaired) electrons. The third-order valence-electron chi connectivity index (χ3n) is 2.77. The van der Waals surface area contributed by atoms with E-state index in [1.54, 1.807) is 0 Å². The molecule has 96 valence electrons. The van der Waals surface area contributed by atoms with Crippen LogP contribution in [0.2, 0.25) is 0 Å². The summed E-state index contributed by atoms with van der Waals surface area (Å²) in [5.74, 6) is 1.51. The summed E-state index contributed by atoms with van der Waals surface area (Å²) in [6, 6.07) is 8.38. The summed E-state index contributed by atoms with van der Waals surface area (Å²) in [6.45, 7) is 4.05. The number of hydrogen-bond acceptors (Lipinski definition) is 3. The fraction of sp³-hybridized carbons (Fsp3) is 0.385. The molecule has 1 aromatic heterocycles. The summed E-state index contributed by atoms with van der Waals surface area (Å²) >= 11 is 3.42. The van der Waals surface area contributed by atoms with Crippen molar-refractivity contribution in [3.8, 4) is 0 Å². The number of aliphatic hydroxyl groups is 1. The van der Waals surface area contributed by atoms with Crippen molar-refractivity contribution in [1.29, 1.82) is 0 Å². The Balaban J connectivity index is 2.28. The summed E-state index contributed by atoms with van der Waals surface area (Å²) in [5, 5.41) is 17.4. The molecule has 5 heteroatoms. The van der Waals surface area contributed by atoms with Crippen molar-refractivity contribution in [2.75, 3.05) is 0 Å². The molecule has 0 aliphatic rings. The zero-order valence-corrected chi connectivity index (χ0v) is 12.1. The van der Waals surface area contributed by atoms with Crippen molar-refractivity contribution in [2.24, 2.45) is 0 Å². The summed E-state index contributed by atoms with van der Waals surface area (Å²) in [6.07, 6.45) is 0.721. The topological polar surface area (TPSA) is 50.9 Å². The molecule has 2 aromatic rings. The molecule has 0 saturated carbocycles. The molecule has 2 rings (SSSR count). The quantitative estimate of drug-likeness (QED) is 0.944. The highest BCUT2D eigenvalue weighted by molar-refractivity contribution is 9.10. The fourth-order valence-corrected chi connectivity index (χ4v) is 2.23. The standard InChI is InChI=1S/C13H16BrN3O/c1-9(2)17-12(15-16-13(17)8-18)7-10-3-5-11(14)6-4-10/h3-6,9,18H,7-8H2,1-2H3. The van der Waals surface area contributed by atoms with Gasteiger partial charge in [-0.25, -0.2) is 0 Å². The largest absolute Gasteiger partial charge is 0.388 e. The first kappa shape index (κ1) is 13.2. The average molecular weight is 310 g/mol. The van der Waals surface area contributed by atoms with E-state index in [-0.39, 0.29) is 12.6 Å². The van der Waals surface area contributed by atoms with Crippen molar-refractivity contribution < 1.29 is 5.11 Å². The van der Waals surface area contributed by atoms with Gasteiger partial charge in [-0.05, 0) is 31.5 Å². The Bertz CT molecular complexity index is 520. The number of aliphatic hydroxyl groups excluding tert-OH is 1. The zero-order chi connectivity index (χ0) is 13.1. The monoisotopic (exact) mass is 309 g/mol. The van der Waals surface area contributed by atoms with Gasteiger partial charge in [-0.2, -0.15) is 0 Å². The number of benzene rings is 1. The van der Waals surface area contributed by atoms with Crippen molar-refractivity contribution in [3.05, 3.63) is 46.0 Å². The van der Waals surface area contributed by atoms with Gasteiger partial charge in [0.1, 0.15) is 12.4 Å². The van der Waals surface area contributed by atoms with E-state index in [9.17, 15) is 5.11 Å². The first-order valence-corrected chi connectivity index (χ1v) is 6.69. The van der Waals surface area contributed by atoms with Gasteiger partial charge in [0.15, 0.2) is 5.82 Å². The van der Waals surface area contributed by atoms with Crippen LogP contribution in [0.4, 0.5) is 0 Å². The van der Waals surface area contributed by atoms with E-state index in [2.05, 4.69) is 52.1 Å². The van der Waals surface area contributed by atoms with Crippen LogP contribution in [0.3, 0.4) is 0 Å². The lowest BCUT2D eigenvalue weighted by molar-refractivity contribution is 0.261. The van der Waals surface area contributed by atoms with Gasteiger partial charge in [0.2, 0.25) is 0 Å². The van der Waals surface area contributed by atoms with Gasteiger partial charge in [-0.15, -0.1) is 10.2 Å². The van der Waals surface area contributed by atoms with Crippen molar-refractivity contribution in [3.63, 3.8) is 0 Å². The molecule has 0 unspecified atom stereocenters. The summed E-state index contributed by atoms with van der Waals surface area (Å²) in [7, 11) is 0. The fourth-order valence-electron chi connectivity index (χ4n) is 1.97. The van der Waals surface area contributed by atoms with E-state index in [0.717, 1.165) is 16.7 Å². The van der Waals surface area contributed by atoms with Crippen LogP contribution in [-0.2, 0) is 13.0 Å². The lowest BCUT2D eigenvalue weighted by Crippen LogP contribution is -2.10. The van der Waals surface area contributed by atoms with Gasteiger partial charge in [-0.3, -0.25) is 0 Å². The average Bonchev–Trinajstić information content (AvgIpc) is 2.75. The maximum Gasteiger partial charge on any atom is 0.159 e. The molecule has 0 aliphatic heterocycles. The van der Waals surface area contributed by atoms with Crippen LogP contribution in [0.5, 0.6) is 0 Å². The molecule has 1 N–H and O–H groups in total. The van der Waals surface area contributed by atoms with E-state index < -0.39 is 0 Å². The number of hydrogen-bond donors (Lipinski definition) is 1. The number of halogens is 1. The Morgan fingerprint density at radius 2 is 1.78 bits per heavy atom. The minimum atomic E-state index is -0.0779. The van der Waals surface area contributed by atoms with E-state index in [4.69, 9.17) is 0 Å². The predicted octanol–water partition coefficient (Wildman–Crippen LogP) is 2.70. The summed E-state index contributed by atoms with van der Waals surface area (Å²) in [5.41, 5.74) is 1.18. The Morgan fingerprint density at radius 1 is 1.17 bits per heavy atom. The Labute approximate surface area is 115 Å². The minimum Gasteiger partial charge on any atom is -0.388 e. The van der Waals surface area contributed by atoms with Crippen molar-refractivity contribution in [1.82, 2.24) is 14.8 Å². The number of aromatic nitrogens is 3. The van der Waals surface area contributed by atoms with E-state index >= 15 is 0 Å².